The summed E-state index contributed by atoms with van der Waals surface area (Å²) in [6.07, 6.45) is 2.85. The summed E-state index contributed by atoms with van der Waals surface area (Å²) in [6.45, 7) is 2.60. The summed E-state index contributed by atoms with van der Waals surface area (Å²) in [4.78, 5) is 24.3. The van der Waals surface area contributed by atoms with Crippen LogP contribution in [0.25, 0.3) is 0 Å². The van der Waals surface area contributed by atoms with Gasteiger partial charge in [-0.25, -0.2) is 4.79 Å². The van der Waals surface area contributed by atoms with Crippen LogP contribution in [-0.2, 0) is 13.6 Å². The van der Waals surface area contributed by atoms with E-state index in [2.05, 4.69) is 12.2 Å². The Morgan fingerprint density at radius 1 is 1.45 bits per heavy atom. The van der Waals surface area contributed by atoms with E-state index in [9.17, 15) is 9.59 Å². The van der Waals surface area contributed by atoms with Gasteiger partial charge in [-0.3, -0.25) is 13.9 Å². The summed E-state index contributed by atoms with van der Waals surface area (Å²) in [7, 11) is 1.50. The van der Waals surface area contributed by atoms with Crippen molar-refractivity contribution in [3.63, 3.8) is 0 Å². The van der Waals surface area contributed by atoms with Gasteiger partial charge in [0, 0.05) is 25.4 Å². The number of anilines is 2. The molecule has 20 heavy (non-hydrogen) atoms. The molecule has 112 valence electrons. The molecule has 1 aromatic rings. The van der Waals surface area contributed by atoms with Gasteiger partial charge in [0.2, 0.25) is 0 Å². The second kappa shape index (κ2) is 6.39. The van der Waals surface area contributed by atoms with Crippen LogP contribution in [0, 0.1) is 0 Å². The molecule has 1 aliphatic heterocycles. The van der Waals surface area contributed by atoms with Crippen molar-refractivity contribution >= 4 is 23.3 Å². The standard InChI is InChI=1S/C13H22N4O2S/c1-3-4-6-17-11(14)10(12(18)16(2)13(17)19)15-9-5-7-20-8-9/h9,15H,3-8,14H2,1-2H3. The number of nitrogen functional groups attached to an aromatic ring is 1. The van der Waals surface area contributed by atoms with Crippen molar-refractivity contribution in [1.29, 1.82) is 0 Å². The van der Waals surface area contributed by atoms with Gasteiger partial charge in [0.25, 0.3) is 5.56 Å². The number of hydrogen-bond acceptors (Lipinski definition) is 5. The maximum Gasteiger partial charge on any atom is 0.332 e. The van der Waals surface area contributed by atoms with Crippen molar-refractivity contribution in [2.75, 3.05) is 22.6 Å². The minimum Gasteiger partial charge on any atom is -0.383 e. The Bertz CT molecular complexity index is 587. The normalized spacial score (nSPS) is 18.4. The van der Waals surface area contributed by atoms with Crippen LogP contribution in [0.2, 0.25) is 0 Å². The lowest BCUT2D eigenvalue weighted by Gasteiger charge is -2.18. The second-order valence-corrected chi connectivity index (χ2v) is 6.27. The number of rotatable bonds is 5. The van der Waals surface area contributed by atoms with E-state index in [1.165, 1.54) is 11.6 Å². The summed E-state index contributed by atoms with van der Waals surface area (Å²) in [6, 6.07) is 0.257. The van der Waals surface area contributed by atoms with Gasteiger partial charge < -0.3 is 11.1 Å². The Hall–Kier alpha value is -1.37. The van der Waals surface area contributed by atoms with Crippen molar-refractivity contribution in [3.05, 3.63) is 20.8 Å². The van der Waals surface area contributed by atoms with Crippen LogP contribution in [0.3, 0.4) is 0 Å². The van der Waals surface area contributed by atoms with Gasteiger partial charge in [-0.2, -0.15) is 11.8 Å². The van der Waals surface area contributed by atoms with Gasteiger partial charge in [-0.15, -0.1) is 0 Å². The van der Waals surface area contributed by atoms with Crippen LogP contribution < -0.4 is 22.3 Å². The Morgan fingerprint density at radius 3 is 2.80 bits per heavy atom. The quantitative estimate of drug-likeness (QED) is 0.842. The summed E-state index contributed by atoms with van der Waals surface area (Å²) >= 11 is 1.86. The smallest absolute Gasteiger partial charge is 0.332 e. The van der Waals surface area contributed by atoms with Crippen LogP contribution >= 0.6 is 11.8 Å². The topological polar surface area (TPSA) is 82.0 Å². The van der Waals surface area contributed by atoms with E-state index in [1.54, 1.807) is 0 Å². The second-order valence-electron chi connectivity index (χ2n) is 5.12. The van der Waals surface area contributed by atoms with Gasteiger partial charge in [0.05, 0.1) is 0 Å². The molecule has 0 bridgehead atoms. The molecule has 6 nitrogen and oxygen atoms in total. The molecule has 7 heteroatoms. The van der Waals surface area contributed by atoms with Gasteiger partial charge >= 0.3 is 5.69 Å². The molecule has 1 fully saturated rings. The highest BCUT2D eigenvalue weighted by Crippen LogP contribution is 2.22. The predicted molar refractivity (Wildman–Crippen MR) is 84.6 cm³/mol. The molecule has 3 N–H and O–H groups in total. The lowest BCUT2D eigenvalue weighted by molar-refractivity contribution is 0.574. The number of nitrogens with one attached hydrogen (secondary N) is 1. The number of unbranched alkanes of at least 4 members (excludes halogenated alkanes) is 1. The average molecular weight is 298 g/mol. The third kappa shape index (κ3) is 2.87. The zero-order valence-electron chi connectivity index (χ0n) is 12.0. The van der Waals surface area contributed by atoms with Crippen molar-refractivity contribution < 1.29 is 0 Å². The molecule has 2 rings (SSSR count). The predicted octanol–water partition coefficient (Wildman–Crippen LogP) is 0.847. The van der Waals surface area contributed by atoms with E-state index in [4.69, 9.17) is 5.73 Å². The zero-order valence-corrected chi connectivity index (χ0v) is 12.8. The Kier molecular flexibility index (Phi) is 4.80. The van der Waals surface area contributed by atoms with Crippen molar-refractivity contribution in [3.8, 4) is 0 Å². The minimum absolute atomic E-state index is 0.257. The highest BCUT2D eigenvalue weighted by molar-refractivity contribution is 7.99. The van der Waals surface area contributed by atoms with Gasteiger partial charge in [-0.05, 0) is 18.6 Å². The van der Waals surface area contributed by atoms with Crippen LogP contribution in [0.15, 0.2) is 9.59 Å². The first-order valence-electron chi connectivity index (χ1n) is 6.99. The molecule has 0 amide bonds. The molecular formula is C13H22N4O2S. The first-order valence-corrected chi connectivity index (χ1v) is 8.15. The number of hydrogen-bond donors (Lipinski definition) is 2. The number of aromatic nitrogens is 2. The van der Waals surface area contributed by atoms with Gasteiger partial charge in [0.15, 0.2) is 0 Å². The fourth-order valence-corrected chi connectivity index (χ4v) is 3.46. The largest absolute Gasteiger partial charge is 0.383 e. The van der Waals surface area contributed by atoms with E-state index in [-0.39, 0.29) is 23.1 Å². The van der Waals surface area contributed by atoms with Crippen LogP contribution in [0.1, 0.15) is 26.2 Å². The molecule has 0 aliphatic carbocycles. The SMILES string of the molecule is CCCCn1c(N)c(NC2CCSC2)c(=O)n(C)c1=O. The third-order valence-electron chi connectivity index (χ3n) is 3.60. The Labute approximate surface area is 122 Å². The van der Waals surface area contributed by atoms with E-state index >= 15 is 0 Å². The van der Waals surface area contributed by atoms with E-state index < -0.39 is 0 Å². The molecule has 1 atom stereocenters. The molecule has 2 heterocycles. The summed E-state index contributed by atoms with van der Waals surface area (Å²) in [5.41, 5.74) is 5.75. The molecule has 1 aromatic heterocycles. The fourth-order valence-electron chi connectivity index (χ4n) is 2.30. The third-order valence-corrected chi connectivity index (χ3v) is 4.76. The molecule has 0 radical (unpaired) electrons. The highest BCUT2D eigenvalue weighted by atomic mass is 32.2. The fraction of sp³-hybridized carbons (Fsp3) is 0.692. The summed E-state index contributed by atoms with van der Waals surface area (Å²) in [5.74, 6) is 2.33. The lowest BCUT2D eigenvalue weighted by atomic mass is 10.2. The van der Waals surface area contributed by atoms with Crippen molar-refractivity contribution in [2.45, 2.75) is 38.8 Å². The molecule has 0 saturated carbocycles. The van der Waals surface area contributed by atoms with Crippen molar-refractivity contribution in [1.82, 2.24) is 9.13 Å². The monoisotopic (exact) mass is 298 g/mol. The number of thioether (sulfide) groups is 1. The first-order chi connectivity index (χ1) is 9.56. The Morgan fingerprint density at radius 2 is 2.20 bits per heavy atom. The first kappa shape index (κ1) is 15.0. The summed E-state index contributed by atoms with van der Waals surface area (Å²) in [5, 5.41) is 3.22. The van der Waals surface area contributed by atoms with Gasteiger partial charge in [0.1, 0.15) is 11.5 Å². The lowest BCUT2D eigenvalue weighted by Crippen LogP contribution is -2.41. The highest BCUT2D eigenvalue weighted by Gasteiger charge is 2.21. The van der Waals surface area contributed by atoms with Gasteiger partial charge in [-0.1, -0.05) is 13.3 Å². The summed E-state index contributed by atoms with van der Waals surface area (Å²) < 4.78 is 2.63. The molecule has 0 aromatic carbocycles. The van der Waals surface area contributed by atoms with Crippen LogP contribution in [0.4, 0.5) is 11.5 Å². The Balaban J connectivity index is 2.41. The maximum atomic E-state index is 12.2. The molecular weight excluding hydrogens is 276 g/mol. The molecule has 1 unspecified atom stereocenters. The average Bonchev–Trinajstić information content (AvgIpc) is 2.94. The molecule has 1 aliphatic rings. The maximum absolute atomic E-state index is 12.2. The van der Waals surface area contributed by atoms with E-state index in [0.29, 0.717) is 12.2 Å². The van der Waals surface area contributed by atoms with Crippen LogP contribution in [0.5, 0.6) is 0 Å². The number of nitrogens with two attached hydrogens (primary N) is 1. The van der Waals surface area contributed by atoms with Crippen molar-refractivity contribution in [2.24, 2.45) is 7.05 Å². The van der Waals surface area contributed by atoms with E-state index in [0.717, 1.165) is 35.3 Å². The number of nitrogens with zero attached hydrogens (tertiary/aromatic N) is 2. The van der Waals surface area contributed by atoms with Crippen LogP contribution in [-0.4, -0.2) is 26.7 Å². The zero-order chi connectivity index (χ0) is 14.7. The van der Waals surface area contributed by atoms with E-state index in [1.807, 2.05) is 11.8 Å². The minimum atomic E-state index is -0.340. The molecule has 0 spiro atoms. The molecule has 1 saturated heterocycles.